The smallest absolute Gasteiger partial charge is 0.0425 e. The van der Waals surface area contributed by atoms with Crippen molar-refractivity contribution in [3.05, 3.63) is 28.2 Å². The molecule has 0 spiro atoms. The molecule has 0 aliphatic rings. The van der Waals surface area contributed by atoms with E-state index in [1.807, 2.05) is 0 Å². The van der Waals surface area contributed by atoms with Gasteiger partial charge in [0, 0.05) is 29.3 Å². The van der Waals surface area contributed by atoms with Gasteiger partial charge in [-0.15, -0.1) is 0 Å². The lowest BCUT2D eigenvalue weighted by Gasteiger charge is -2.27. The average Bonchev–Trinajstić information content (AvgIpc) is 2.31. The van der Waals surface area contributed by atoms with Crippen LogP contribution in [0.2, 0.25) is 0 Å². The molecule has 3 heteroatoms. The molecule has 0 radical (unpaired) electrons. The zero-order chi connectivity index (χ0) is 12.8. The van der Waals surface area contributed by atoms with Crippen LogP contribution in [0.25, 0.3) is 0 Å². The summed E-state index contributed by atoms with van der Waals surface area (Å²) in [7, 11) is 0. The molecule has 0 amide bonds. The first-order valence-corrected chi connectivity index (χ1v) is 7.21. The summed E-state index contributed by atoms with van der Waals surface area (Å²) in [4.78, 5) is 2.40. The summed E-state index contributed by atoms with van der Waals surface area (Å²) in [5.74, 6) is 0. The van der Waals surface area contributed by atoms with Gasteiger partial charge in [0.05, 0.1) is 0 Å². The highest BCUT2D eigenvalue weighted by Crippen LogP contribution is 2.29. The molecule has 0 heterocycles. The van der Waals surface area contributed by atoms with Crippen LogP contribution in [0.4, 0.5) is 5.69 Å². The molecule has 1 aromatic carbocycles. The summed E-state index contributed by atoms with van der Waals surface area (Å²) < 4.78 is 1.15. The molecule has 0 aliphatic carbocycles. The van der Waals surface area contributed by atoms with E-state index in [1.165, 1.54) is 11.3 Å². The maximum atomic E-state index is 3.56. The number of nitrogens with zero attached hydrogens (tertiary/aromatic N) is 1. The lowest BCUT2D eigenvalue weighted by Crippen LogP contribution is -2.26. The minimum absolute atomic E-state index is 0.392. The van der Waals surface area contributed by atoms with Gasteiger partial charge in [-0.1, -0.05) is 28.9 Å². The summed E-state index contributed by atoms with van der Waals surface area (Å²) in [6.45, 7) is 11.8. The summed E-state index contributed by atoms with van der Waals surface area (Å²) in [6.07, 6.45) is 0. The minimum Gasteiger partial charge on any atom is -0.372 e. The number of anilines is 1. The highest BCUT2D eigenvalue weighted by Gasteiger charge is 2.13. The van der Waals surface area contributed by atoms with E-state index in [1.54, 1.807) is 0 Å². The first kappa shape index (κ1) is 14.5. The van der Waals surface area contributed by atoms with Crippen LogP contribution in [-0.2, 0) is 0 Å². The van der Waals surface area contributed by atoms with Crippen molar-refractivity contribution in [3.63, 3.8) is 0 Å². The van der Waals surface area contributed by atoms with E-state index in [0.717, 1.165) is 24.1 Å². The molecule has 1 N–H and O–H groups in total. The Bertz CT molecular complexity index is 348. The molecule has 0 saturated heterocycles. The third-order valence-corrected chi connectivity index (χ3v) is 3.57. The van der Waals surface area contributed by atoms with Crippen LogP contribution in [-0.4, -0.2) is 19.6 Å². The summed E-state index contributed by atoms with van der Waals surface area (Å²) >= 11 is 3.56. The molecule has 17 heavy (non-hydrogen) atoms. The number of halogens is 1. The Morgan fingerprint density at radius 2 is 1.88 bits per heavy atom. The van der Waals surface area contributed by atoms with Crippen molar-refractivity contribution in [1.29, 1.82) is 0 Å². The molecule has 0 aliphatic heterocycles. The molecule has 96 valence electrons. The van der Waals surface area contributed by atoms with Crippen molar-refractivity contribution in [2.24, 2.45) is 0 Å². The predicted octanol–water partition coefficient (Wildman–Crippen LogP) is 3.97. The molecule has 2 nitrogen and oxygen atoms in total. The third kappa shape index (κ3) is 3.71. The SMILES string of the molecule is CCNC(C)c1ccc(Br)cc1N(CC)CC. The van der Waals surface area contributed by atoms with Crippen LogP contribution in [0.1, 0.15) is 39.3 Å². The van der Waals surface area contributed by atoms with Gasteiger partial charge < -0.3 is 10.2 Å². The van der Waals surface area contributed by atoms with Gasteiger partial charge in [0.15, 0.2) is 0 Å². The molecular weight excluding hydrogens is 276 g/mol. The second-order valence-corrected chi connectivity index (χ2v) is 5.07. The maximum Gasteiger partial charge on any atom is 0.0425 e. The molecule has 0 fully saturated rings. The largest absolute Gasteiger partial charge is 0.372 e. The van der Waals surface area contributed by atoms with Gasteiger partial charge in [-0.25, -0.2) is 0 Å². The summed E-state index contributed by atoms with van der Waals surface area (Å²) in [5, 5.41) is 3.48. The first-order valence-electron chi connectivity index (χ1n) is 6.41. The molecular formula is C14H23BrN2. The maximum absolute atomic E-state index is 3.56. The zero-order valence-electron chi connectivity index (χ0n) is 11.3. The van der Waals surface area contributed by atoms with Crippen molar-refractivity contribution in [1.82, 2.24) is 5.32 Å². The van der Waals surface area contributed by atoms with Gasteiger partial charge in [-0.3, -0.25) is 0 Å². The van der Waals surface area contributed by atoms with Crippen LogP contribution in [0, 0.1) is 0 Å². The normalized spacial score (nSPS) is 12.5. The quantitative estimate of drug-likeness (QED) is 0.855. The Hall–Kier alpha value is -0.540. The molecule has 1 unspecified atom stereocenters. The number of hydrogen-bond acceptors (Lipinski definition) is 2. The molecule has 1 rings (SSSR count). The van der Waals surface area contributed by atoms with Crippen LogP contribution < -0.4 is 10.2 Å². The molecule has 0 saturated carbocycles. The van der Waals surface area contributed by atoms with E-state index in [4.69, 9.17) is 0 Å². The minimum atomic E-state index is 0.392. The highest BCUT2D eigenvalue weighted by atomic mass is 79.9. The summed E-state index contributed by atoms with van der Waals surface area (Å²) in [5.41, 5.74) is 2.71. The van der Waals surface area contributed by atoms with Gasteiger partial charge in [0.2, 0.25) is 0 Å². The van der Waals surface area contributed by atoms with E-state index in [0.29, 0.717) is 6.04 Å². The predicted molar refractivity (Wildman–Crippen MR) is 79.8 cm³/mol. The number of rotatable bonds is 6. The second-order valence-electron chi connectivity index (χ2n) is 4.15. The van der Waals surface area contributed by atoms with Crippen LogP contribution in [0.15, 0.2) is 22.7 Å². The fourth-order valence-corrected chi connectivity index (χ4v) is 2.49. The van der Waals surface area contributed by atoms with E-state index < -0.39 is 0 Å². The Kier molecular flexibility index (Phi) is 6.00. The Morgan fingerprint density at radius 3 is 2.41 bits per heavy atom. The summed E-state index contributed by atoms with van der Waals surface area (Å²) in [6, 6.07) is 6.95. The third-order valence-electron chi connectivity index (χ3n) is 3.07. The topological polar surface area (TPSA) is 15.3 Å². The van der Waals surface area contributed by atoms with Crippen molar-refractivity contribution in [2.75, 3.05) is 24.5 Å². The fourth-order valence-electron chi connectivity index (χ4n) is 2.14. The average molecular weight is 299 g/mol. The lowest BCUT2D eigenvalue weighted by atomic mass is 10.0. The number of nitrogens with one attached hydrogen (secondary N) is 1. The monoisotopic (exact) mass is 298 g/mol. The van der Waals surface area contributed by atoms with E-state index in [-0.39, 0.29) is 0 Å². The van der Waals surface area contributed by atoms with Crippen LogP contribution >= 0.6 is 15.9 Å². The molecule has 0 aromatic heterocycles. The van der Waals surface area contributed by atoms with Gasteiger partial charge in [-0.2, -0.15) is 0 Å². The van der Waals surface area contributed by atoms with Crippen LogP contribution in [0.5, 0.6) is 0 Å². The van der Waals surface area contributed by atoms with Gasteiger partial charge in [0.1, 0.15) is 0 Å². The number of hydrogen-bond donors (Lipinski definition) is 1. The van der Waals surface area contributed by atoms with Crippen molar-refractivity contribution in [2.45, 2.75) is 33.7 Å². The van der Waals surface area contributed by atoms with Crippen molar-refractivity contribution < 1.29 is 0 Å². The first-order chi connectivity index (χ1) is 8.13. The van der Waals surface area contributed by atoms with Crippen molar-refractivity contribution in [3.8, 4) is 0 Å². The Morgan fingerprint density at radius 1 is 1.24 bits per heavy atom. The Labute approximate surface area is 114 Å². The molecule has 1 aromatic rings. The van der Waals surface area contributed by atoms with E-state index in [9.17, 15) is 0 Å². The lowest BCUT2D eigenvalue weighted by molar-refractivity contribution is 0.596. The fraction of sp³-hybridized carbons (Fsp3) is 0.571. The Balaban J connectivity index is 3.10. The van der Waals surface area contributed by atoms with Gasteiger partial charge in [0.25, 0.3) is 0 Å². The molecule has 1 atom stereocenters. The van der Waals surface area contributed by atoms with Gasteiger partial charge >= 0.3 is 0 Å². The zero-order valence-corrected chi connectivity index (χ0v) is 12.8. The van der Waals surface area contributed by atoms with E-state index in [2.05, 4.69) is 72.0 Å². The van der Waals surface area contributed by atoms with E-state index >= 15 is 0 Å². The highest BCUT2D eigenvalue weighted by molar-refractivity contribution is 9.10. The number of benzene rings is 1. The second kappa shape index (κ2) is 7.02. The standard InChI is InChI=1S/C14H23BrN2/c1-5-16-11(4)13-9-8-12(15)10-14(13)17(6-2)7-3/h8-11,16H,5-7H2,1-4H3. The molecule has 0 bridgehead atoms. The van der Waals surface area contributed by atoms with Crippen molar-refractivity contribution >= 4 is 21.6 Å². The van der Waals surface area contributed by atoms with Gasteiger partial charge in [-0.05, 0) is 45.0 Å². The van der Waals surface area contributed by atoms with Crippen LogP contribution in [0.3, 0.4) is 0 Å².